The number of amides is 1. The van der Waals surface area contributed by atoms with E-state index >= 15 is 0 Å². The molecule has 2 unspecified atom stereocenters. The third kappa shape index (κ3) is 2.75. The number of benzene rings is 1. The van der Waals surface area contributed by atoms with Crippen LogP contribution in [0.3, 0.4) is 0 Å². The van der Waals surface area contributed by atoms with Gasteiger partial charge in [-0.2, -0.15) is 11.8 Å². The molecule has 6 heteroatoms. The molecule has 18 heavy (non-hydrogen) atoms. The van der Waals surface area contributed by atoms with Crippen LogP contribution in [0.1, 0.15) is 23.7 Å². The van der Waals surface area contributed by atoms with Crippen LogP contribution in [0.15, 0.2) is 12.1 Å². The molecule has 1 aliphatic heterocycles. The van der Waals surface area contributed by atoms with E-state index in [1.807, 2.05) is 0 Å². The highest BCUT2D eigenvalue weighted by molar-refractivity contribution is 8.00. The minimum absolute atomic E-state index is 0.130. The summed E-state index contributed by atoms with van der Waals surface area (Å²) in [5, 5.41) is 3.51. The Hall–Kier alpha value is -1.30. The Balaban J connectivity index is 2.22. The third-order valence-electron chi connectivity index (χ3n) is 2.88. The molecule has 3 N–H and O–H groups in total. The molecule has 1 fully saturated rings. The summed E-state index contributed by atoms with van der Waals surface area (Å²) in [4.78, 5) is 11.0. The maximum absolute atomic E-state index is 13.6. The Morgan fingerprint density at radius 2 is 2.17 bits per heavy atom. The molecule has 0 saturated carbocycles. The molecule has 1 heterocycles. The molecule has 1 amide bonds. The van der Waals surface area contributed by atoms with Crippen LogP contribution in [-0.4, -0.2) is 23.0 Å². The van der Waals surface area contributed by atoms with E-state index in [2.05, 4.69) is 12.2 Å². The molecule has 1 aromatic rings. The van der Waals surface area contributed by atoms with Crippen molar-refractivity contribution < 1.29 is 13.6 Å². The smallest absolute Gasteiger partial charge is 0.251 e. The van der Waals surface area contributed by atoms with Gasteiger partial charge >= 0.3 is 0 Å². The lowest BCUT2D eigenvalue weighted by Crippen LogP contribution is -2.21. The van der Waals surface area contributed by atoms with E-state index in [-0.39, 0.29) is 17.3 Å². The predicted molar refractivity (Wildman–Crippen MR) is 68.8 cm³/mol. The van der Waals surface area contributed by atoms with E-state index in [1.165, 1.54) is 0 Å². The Kier molecular flexibility index (Phi) is 3.75. The van der Waals surface area contributed by atoms with Gasteiger partial charge in [0.05, 0.1) is 11.3 Å². The summed E-state index contributed by atoms with van der Waals surface area (Å²) >= 11 is 1.79. The van der Waals surface area contributed by atoms with Gasteiger partial charge in [0.1, 0.15) is 11.6 Å². The van der Waals surface area contributed by atoms with Gasteiger partial charge in [-0.05, 0) is 12.5 Å². The minimum atomic E-state index is -0.931. The fourth-order valence-corrected chi connectivity index (χ4v) is 3.13. The SMILES string of the molecule is CC1CC(Nc2cc(C(N)=O)c(F)cc2F)CS1. The summed E-state index contributed by atoms with van der Waals surface area (Å²) in [5.74, 6) is -1.67. The number of anilines is 1. The van der Waals surface area contributed by atoms with Crippen molar-refractivity contribution in [2.45, 2.75) is 24.6 Å². The Morgan fingerprint density at radius 1 is 1.44 bits per heavy atom. The summed E-state index contributed by atoms with van der Waals surface area (Å²) in [6, 6.07) is 1.96. The molecule has 0 spiro atoms. The minimum Gasteiger partial charge on any atom is -0.379 e. The summed E-state index contributed by atoms with van der Waals surface area (Å²) in [6.45, 7) is 2.10. The number of carbonyl (C=O) groups is 1. The monoisotopic (exact) mass is 272 g/mol. The second kappa shape index (κ2) is 5.14. The molecule has 3 nitrogen and oxygen atoms in total. The number of hydrogen-bond acceptors (Lipinski definition) is 3. The van der Waals surface area contributed by atoms with Crippen molar-refractivity contribution in [2.75, 3.05) is 11.1 Å². The number of nitrogens with one attached hydrogen (secondary N) is 1. The van der Waals surface area contributed by atoms with Crippen molar-refractivity contribution in [1.82, 2.24) is 0 Å². The van der Waals surface area contributed by atoms with E-state index in [9.17, 15) is 13.6 Å². The second-order valence-corrected chi connectivity index (χ2v) is 5.87. The van der Waals surface area contributed by atoms with Crippen LogP contribution < -0.4 is 11.1 Å². The van der Waals surface area contributed by atoms with Crippen LogP contribution in [0.5, 0.6) is 0 Å². The van der Waals surface area contributed by atoms with Crippen molar-refractivity contribution >= 4 is 23.4 Å². The topological polar surface area (TPSA) is 55.1 Å². The van der Waals surface area contributed by atoms with Crippen LogP contribution in [-0.2, 0) is 0 Å². The lowest BCUT2D eigenvalue weighted by Gasteiger charge is -2.15. The normalized spacial score (nSPS) is 23.1. The average Bonchev–Trinajstić information content (AvgIpc) is 2.67. The fraction of sp³-hybridized carbons (Fsp3) is 0.417. The van der Waals surface area contributed by atoms with Crippen LogP contribution >= 0.6 is 11.8 Å². The van der Waals surface area contributed by atoms with Crippen LogP contribution in [0.25, 0.3) is 0 Å². The Morgan fingerprint density at radius 3 is 2.72 bits per heavy atom. The van der Waals surface area contributed by atoms with Crippen molar-refractivity contribution in [2.24, 2.45) is 5.73 Å². The van der Waals surface area contributed by atoms with Crippen molar-refractivity contribution in [3.05, 3.63) is 29.3 Å². The zero-order valence-electron chi connectivity index (χ0n) is 9.87. The molecule has 0 aromatic heterocycles. The van der Waals surface area contributed by atoms with Crippen molar-refractivity contribution in [1.29, 1.82) is 0 Å². The molecule has 1 aromatic carbocycles. The Bertz CT molecular complexity index is 481. The molecule has 1 saturated heterocycles. The van der Waals surface area contributed by atoms with Gasteiger partial charge in [-0.3, -0.25) is 4.79 Å². The zero-order chi connectivity index (χ0) is 13.3. The lowest BCUT2D eigenvalue weighted by molar-refractivity contribution is 0.0996. The van der Waals surface area contributed by atoms with Gasteiger partial charge in [0.15, 0.2) is 0 Å². The second-order valence-electron chi connectivity index (χ2n) is 4.40. The van der Waals surface area contributed by atoms with Gasteiger partial charge in [0.25, 0.3) is 5.91 Å². The fourth-order valence-electron chi connectivity index (χ4n) is 1.99. The van der Waals surface area contributed by atoms with Gasteiger partial charge in [0.2, 0.25) is 0 Å². The van der Waals surface area contributed by atoms with E-state index in [0.717, 1.165) is 18.2 Å². The number of primary amides is 1. The first-order valence-electron chi connectivity index (χ1n) is 5.64. The van der Waals surface area contributed by atoms with Crippen LogP contribution in [0, 0.1) is 11.6 Å². The summed E-state index contributed by atoms with van der Waals surface area (Å²) in [6.07, 6.45) is 0.910. The largest absolute Gasteiger partial charge is 0.379 e. The molecule has 98 valence electrons. The quantitative estimate of drug-likeness (QED) is 0.888. The van der Waals surface area contributed by atoms with Crippen LogP contribution in [0.4, 0.5) is 14.5 Å². The van der Waals surface area contributed by atoms with E-state index in [1.54, 1.807) is 11.8 Å². The highest BCUT2D eigenvalue weighted by Crippen LogP contribution is 2.29. The zero-order valence-corrected chi connectivity index (χ0v) is 10.7. The first-order valence-corrected chi connectivity index (χ1v) is 6.69. The maximum atomic E-state index is 13.6. The van der Waals surface area contributed by atoms with E-state index in [0.29, 0.717) is 11.3 Å². The average molecular weight is 272 g/mol. The summed E-state index contributed by atoms with van der Waals surface area (Å²) < 4.78 is 26.9. The highest BCUT2D eigenvalue weighted by atomic mass is 32.2. The number of hydrogen-bond donors (Lipinski definition) is 2. The lowest BCUT2D eigenvalue weighted by atomic mass is 10.1. The predicted octanol–water partition coefficient (Wildman–Crippen LogP) is 2.37. The standard InChI is InChI=1S/C12H14F2N2OS/c1-6-2-7(5-18-6)16-11-3-8(12(15)17)9(13)4-10(11)14/h3-4,6-7,16H,2,5H2,1H3,(H2,15,17). The highest BCUT2D eigenvalue weighted by Gasteiger charge is 2.23. The number of halogens is 2. The molecular formula is C12H14F2N2OS. The number of rotatable bonds is 3. The number of nitrogens with two attached hydrogens (primary N) is 1. The summed E-state index contributed by atoms with van der Waals surface area (Å²) in [5.41, 5.74) is 4.87. The molecule has 0 aliphatic carbocycles. The third-order valence-corrected chi connectivity index (χ3v) is 4.24. The van der Waals surface area contributed by atoms with Crippen LogP contribution in [0.2, 0.25) is 0 Å². The van der Waals surface area contributed by atoms with Crippen molar-refractivity contribution in [3.8, 4) is 0 Å². The number of thioether (sulfide) groups is 1. The van der Waals surface area contributed by atoms with Gasteiger partial charge in [-0.25, -0.2) is 8.78 Å². The maximum Gasteiger partial charge on any atom is 0.251 e. The summed E-state index contributed by atoms with van der Waals surface area (Å²) in [7, 11) is 0. The van der Waals surface area contributed by atoms with Crippen molar-refractivity contribution in [3.63, 3.8) is 0 Å². The number of carbonyl (C=O) groups excluding carboxylic acids is 1. The van der Waals surface area contributed by atoms with Gasteiger partial charge in [-0.1, -0.05) is 6.92 Å². The molecule has 0 radical (unpaired) electrons. The van der Waals surface area contributed by atoms with Gasteiger partial charge in [0, 0.05) is 23.1 Å². The molecule has 1 aliphatic rings. The van der Waals surface area contributed by atoms with Gasteiger partial charge in [-0.15, -0.1) is 0 Å². The van der Waals surface area contributed by atoms with Gasteiger partial charge < -0.3 is 11.1 Å². The molecule has 2 rings (SSSR count). The Labute approximate surface area is 108 Å². The molecular weight excluding hydrogens is 258 g/mol. The van der Waals surface area contributed by atoms with E-state index in [4.69, 9.17) is 5.73 Å². The first kappa shape index (κ1) is 13.1. The van der Waals surface area contributed by atoms with E-state index < -0.39 is 17.5 Å². The molecule has 0 bridgehead atoms. The molecule has 2 atom stereocenters. The first-order chi connectivity index (χ1) is 8.47.